The number of hydrogen-bond donors (Lipinski definition) is 0. The monoisotopic (exact) mass is 269 g/mol. The van der Waals surface area contributed by atoms with Gasteiger partial charge in [-0.1, -0.05) is 0 Å². The van der Waals surface area contributed by atoms with E-state index < -0.39 is 21.9 Å². The highest BCUT2D eigenvalue weighted by Gasteiger charge is 2.19. The van der Waals surface area contributed by atoms with Gasteiger partial charge >= 0.3 is 16.9 Å². The van der Waals surface area contributed by atoms with E-state index in [-0.39, 0.29) is 25.3 Å². The van der Waals surface area contributed by atoms with Gasteiger partial charge < -0.3 is 4.79 Å². The molecule has 0 N–H and O–H groups in total. The van der Waals surface area contributed by atoms with Crippen molar-refractivity contribution < 1.29 is 9.72 Å². The van der Waals surface area contributed by atoms with E-state index in [1.165, 1.54) is 6.92 Å². The Labute approximate surface area is 108 Å². The van der Waals surface area contributed by atoms with Crippen LogP contribution in [0.25, 0.3) is 0 Å². The summed E-state index contributed by atoms with van der Waals surface area (Å²) in [7, 11) is 0. The predicted octanol–water partition coefficient (Wildman–Crippen LogP) is 0.307. The number of nitrogens with zero attached hydrogens (tertiary/aromatic N) is 3. The van der Waals surface area contributed by atoms with Crippen molar-refractivity contribution in [3.63, 3.8) is 0 Å². The first-order chi connectivity index (χ1) is 8.88. The summed E-state index contributed by atoms with van der Waals surface area (Å²) < 4.78 is 1.91. The van der Waals surface area contributed by atoms with Crippen molar-refractivity contribution in [1.82, 2.24) is 9.13 Å². The van der Waals surface area contributed by atoms with Gasteiger partial charge in [-0.2, -0.15) is 0 Å². The molecular weight excluding hydrogens is 254 g/mol. The van der Waals surface area contributed by atoms with Crippen molar-refractivity contribution in [2.75, 3.05) is 0 Å². The van der Waals surface area contributed by atoms with E-state index >= 15 is 0 Å². The van der Waals surface area contributed by atoms with Gasteiger partial charge in [0.2, 0.25) is 0 Å². The number of Topliss-reactive ketones (excluding diaryl/α,β-unsaturated/α-hetero) is 1. The van der Waals surface area contributed by atoms with Crippen molar-refractivity contribution in [2.24, 2.45) is 0 Å². The summed E-state index contributed by atoms with van der Waals surface area (Å²) >= 11 is 0. The Morgan fingerprint density at radius 3 is 2.53 bits per heavy atom. The number of ketones is 1. The van der Waals surface area contributed by atoms with Crippen LogP contribution in [0.5, 0.6) is 0 Å². The van der Waals surface area contributed by atoms with E-state index in [1.54, 1.807) is 6.92 Å². The van der Waals surface area contributed by atoms with E-state index in [9.17, 15) is 24.5 Å². The van der Waals surface area contributed by atoms with Crippen LogP contribution < -0.4 is 11.2 Å². The molecule has 0 amide bonds. The lowest BCUT2D eigenvalue weighted by Gasteiger charge is -2.07. The molecule has 0 aromatic carbocycles. The molecule has 19 heavy (non-hydrogen) atoms. The van der Waals surface area contributed by atoms with Crippen LogP contribution in [0.4, 0.5) is 5.69 Å². The maximum absolute atomic E-state index is 11.9. The third kappa shape index (κ3) is 3.36. The van der Waals surface area contributed by atoms with Gasteiger partial charge in [-0.15, -0.1) is 0 Å². The second-order valence-corrected chi connectivity index (χ2v) is 4.10. The Morgan fingerprint density at radius 2 is 2.05 bits per heavy atom. The highest BCUT2D eigenvalue weighted by molar-refractivity contribution is 5.75. The van der Waals surface area contributed by atoms with Crippen LogP contribution in [0.3, 0.4) is 0 Å². The van der Waals surface area contributed by atoms with Gasteiger partial charge in [0.15, 0.2) is 0 Å². The zero-order valence-corrected chi connectivity index (χ0v) is 10.8. The number of nitro groups is 1. The maximum atomic E-state index is 11.9. The first-order valence-corrected chi connectivity index (χ1v) is 5.86. The zero-order valence-electron chi connectivity index (χ0n) is 10.8. The zero-order chi connectivity index (χ0) is 14.6. The van der Waals surface area contributed by atoms with Crippen LogP contribution in [0.15, 0.2) is 15.8 Å². The van der Waals surface area contributed by atoms with E-state index in [4.69, 9.17) is 0 Å². The summed E-state index contributed by atoms with van der Waals surface area (Å²) in [6, 6.07) is 0. The minimum atomic E-state index is -0.928. The lowest BCUT2D eigenvalue weighted by Crippen LogP contribution is -2.40. The van der Waals surface area contributed by atoms with Crippen LogP contribution in [0, 0.1) is 10.1 Å². The first-order valence-electron chi connectivity index (χ1n) is 5.86. The molecule has 0 fully saturated rings. The van der Waals surface area contributed by atoms with Crippen LogP contribution in [-0.2, 0) is 17.9 Å². The molecule has 0 saturated carbocycles. The fourth-order valence-corrected chi connectivity index (χ4v) is 1.67. The van der Waals surface area contributed by atoms with Gasteiger partial charge in [0.25, 0.3) is 0 Å². The Bertz CT molecular complexity index is 614. The molecule has 1 aromatic rings. The van der Waals surface area contributed by atoms with Gasteiger partial charge in [0.05, 0.1) is 11.1 Å². The molecule has 0 aliphatic carbocycles. The summed E-state index contributed by atoms with van der Waals surface area (Å²) in [6.45, 7) is 3.28. The molecule has 0 bridgehead atoms. The molecule has 1 aromatic heterocycles. The van der Waals surface area contributed by atoms with E-state index in [0.717, 1.165) is 15.3 Å². The van der Waals surface area contributed by atoms with E-state index in [1.807, 2.05) is 0 Å². The summed E-state index contributed by atoms with van der Waals surface area (Å²) in [6.07, 6.45) is 1.47. The maximum Gasteiger partial charge on any atom is 0.350 e. The lowest BCUT2D eigenvalue weighted by atomic mass is 10.2. The quantitative estimate of drug-likeness (QED) is 0.546. The Morgan fingerprint density at radius 1 is 1.42 bits per heavy atom. The second-order valence-electron chi connectivity index (χ2n) is 4.10. The van der Waals surface area contributed by atoms with Crippen LogP contribution in [-0.4, -0.2) is 19.8 Å². The molecule has 8 heteroatoms. The number of rotatable bonds is 6. The largest absolute Gasteiger partial charge is 0.350 e. The summed E-state index contributed by atoms with van der Waals surface area (Å²) in [5, 5.41) is 10.8. The number of aromatic nitrogens is 2. The topological polar surface area (TPSA) is 104 Å². The fourth-order valence-electron chi connectivity index (χ4n) is 1.67. The molecule has 104 valence electrons. The minimum Gasteiger partial charge on any atom is -0.300 e. The van der Waals surface area contributed by atoms with Gasteiger partial charge in [-0.3, -0.25) is 24.0 Å². The third-order valence-electron chi connectivity index (χ3n) is 2.67. The Hall–Kier alpha value is -2.25. The van der Waals surface area contributed by atoms with Gasteiger partial charge in [0.1, 0.15) is 5.78 Å². The van der Waals surface area contributed by atoms with Crippen molar-refractivity contribution in [3.05, 3.63) is 37.1 Å². The molecule has 1 rings (SSSR count). The summed E-state index contributed by atoms with van der Waals surface area (Å²) in [5.41, 5.74) is -2.16. The average Bonchev–Trinajstić information content (AvgIpc) is 2.32. The van der Waals surface area contributed by atoms with Gasteiger partial charge in [-0.05, 0) is 20.3 Å². The van der Waals surface area contributed by atoms with Gasteiger partial charge in [-0.25, -0.2) is 4.79 Å². The molecule has 0 spiro atoms. The van der Waals surface area contributed by atoms with Gasteiger partial charge in [0, 0.05) is 19.5 Å². The molecule has 8 nitrogen and oxygen atoms in total. The SMILES string of the molecule is CCn1cc([N+](=O)[O-])c(=O)n(CCCC(C)=O)c1=O. The summed E-state index contributed by atoms with van der Waals surface area (Å²) in [4.78, 5) is 44.5. The highest BCUT2D eigenvalue weighted by atomic mass is 16.6. The lowest BCUT2D eigenvalue weighted by molar-refractivity contribution is -0.387. The van der Waals surface area contributed by atoms with Crippen molar-refractivity contribution >= 4 is 11.5 Å². The van der Waals surface area contributed by atoms with Crippen molar-refractivity contribution in [2.45, 2.75) is 39.8 Å². The van der Waals surface area contributed by atoms with Crippen LogP contribution in [0.2, 0.25) is 0 Å². The Balaban J connectivity index is 3.24. The predicted molar refractivity (Wildman–Crippen MR) is 67.2 cm³/mol. The van der Waals surface area contributed by atoms with Crippen molar-refractivity contribution in [1.29, 1.82) is 0 Å². The molecule has 0 aliphatic heterocycles. The molecule has 0 atom stereocenters. The smallest absolute Gasteiger partial charge is 0.300 e. The molecule has 0 aliphatic rings. The third-order valence-corrected chi connectivity index (χ3v) is 2.67. The Kier molecular flexibility index (Phi) is 4.74. The number of carbonyl (C=O) groups is 1. The second kappa shape index (κ2) is 6.07. The van der Waals surface area contributed by atoms with E-state index in [0.29, 0.717) is 6.42 Å². The summed E-state index contributed by atoms with van der Waals surface area (Å²) in [5.74, 6) is -0.0608. The minimum absolute atomic E-state index is 0.00106. The molecule has 0 saturated heterocycles. The molecule has 1 heterocycles. The first kappa shape index (κ1) is 14.8. The molecular formula is C11H15N3O5. The molecule has 0 radical (unpaired) electrons. The standard InChI is InChI=1S/C11H15N3O5/c1-3-12-7-9(14(18)19)10(16)13(11(12)17)6-4-5-8(2)15/h7H,3-6H2,1-2H3. The van der Waals surface area contributed by atoms with E-state index in [2.05, 4.69) is 0 Å². The highest BCUT2D eigenvalue weighted by Crippen LogP contribution is 2.01. The fraction of sp³-hybridized carbons (Fsp3) is 0.545. The average molecular weight is 269 g/mol. The van der Waals surface area contributed by atoms with Crippen molar-refractivity contribution in [3.8, 4) is 0 Å². The number of hydrogen-bond acceptors (Lipinski definition) is 5. The van der Waals surface area contributed by atoms with Crippen LogP contribution in [0.1, 0.15) is 26.7 Å². The number of aryl methyl sites for hydroxylation is 1. The van der Waals surface area contributed by atoms with Crippen LogP contribution >= 0.6 is 0 Å². The number of carbonyl (C=O) groups excluding carboxylic acids is 1. The molecule has 0 unspecified atom stereocenters. The normalized spacial score (nSPS) is 10.4.